The Morgan fingerprint density at radius 1 is 1.35 bits per heavy atom. The molecule has 0 bridgehead atoms. The number of hydrogen-bond donors (Lipinski definition) is 2. The normalized spacial score (nSPS) is 12.0. The maximum absolute atomic E-state index is 11.9. The molecule has 1 atom stereocenters. The number of carbonyl (C=O) groups excluding carboxylic acids is 1. The average Bonchev–Trinajstić information content (AvgIpc) is 2.59. The van der Waals surface area contributed by atoms with E-state index in [0.717, 1.165) is 30.2 Å². The molecule has 0 aliphatic carbocycles. The fourth-order valence-corrected chi connectivity index (χ4v) is 2.63. The summed E-state index contributed by atoms with van der Waals surface area (Å²) >= 11 is 0. The van der Waals surface area contributed by atoms with Crippen LogP contribution in [0.1, 0.15) is 37.8 Å². The molecule has 0 saturated carbocycles. The minimum Gasteiger partial charge on any atom is -0.483 e. The summed E-state index contributed by atoms with van der Waals surface area (Å²) in [6, 6.07) is 4.05. The highest BCUT2D eigenvalue weighted by Crippen LogP contribution is 2.29. The third kappa shape index (κ3) is 4.62. The second kappa shape index (κ2) is 8.51. The Bertz CT molecular complexity index is 870. The number of amides is 1. The molecule has 0 radical (unpaired) electrons. The van der Waals surface area contributed by atoms with E-state index in [1.165, 1.54) is 13.0 Å². The van der Waals surface area contributed by atoms with Crippen molar-refractivity contribution in [2.45, 2.75) is 46.1 Å². The first kappa shape index (κ1) is 19.5. The van der Waals surface area contributed by atoms with Crippen molar-refractivity contribution in [1.29, 1.82) is 0 Å². The Hall–Kier alpha value is -2.83. The Morgan fingerprint density at radius 3 is 2.73 bits per heavy atom. The lowest BCUT2D eigenvalue weighted by atomic mass is 10.0. The molecular formula is C19H23NO6. The van der Waals surface area contributed by atoms with Crippen molar-refractivity contribution in [1.82, 2.24) is 5.32 Å². The summed E-state index contributed by atoms with van der Waals surface area (Å²) in [5, 5.41) is 12.0. The van der Waals surface area contributed by atoms with Crippen molar-refractivity contribution in [3.8, 4) is 5.75 Å². The van der Waals surface area contributed by atoms with Gasteiger partial charge in [-0.05, 0) is 44.4 Å². The van der Waals surface area contributed by atoms with E-state index in [1.54, 1.807) is 13.0 Å². The number of carbonyl (C=O) groups is 2. The highest BCUT2D eigenvalue weighted by atomic mass is 16.5. The molecule has 1 amide bonds. The summed E-state index contributed by atoms with van der Waals surface area (Å²) in [7, 11) is 0. The number of aliphatic carboxylic acids is 1. The van der Waals surface area contributed by atoms with Gasteiger partial charge in [0.1, 0.15) is 17.4 Å². The number of nitrogens with one attached hydrogen (secondary N) is 1. The molecule has 1 aromatic carbocycles. The molecule has 1 heterocycles. The minimum absolute atomic E-state index is 0.330. The van der Waals surface area contributed by atoms with Crippen LogP contribution in [-0.2, 0) is 16.0 Å². The first-order valence-corrected chi connectivity index (χ1v) is 8.54. The van der Waals surface area contributed by atoms with Gasteiger partial charge in [0.25, 0.3) is 5.91 Å². The predicted molar refractivity (Wildman–Crippen MR) is 96.6 cm³/mol. The van der Waals surface area contributed by atoms with Gasteiger partial charge in [0.15, 0.2) is 6.61 Å². The van der Waals surface area contributed by atoms with Gasteiger partial charge in [-0.3, -0.25) is 9.59 Å². The summed E-state index contributed by atoms with van der Waals surface area (Å²) < 4.78 is 10.8. The number of hydrogen-bond acceptors (Lipinski definition) is 5. The molecule has 140 valence electrons. The van der Waals surface area contributed by atoms with E-state index >= 15 is 0 Å². The van der Waals surface area contributed by atoms with Gasteiger partial charge in [-0.2, -0.15) is 0 Å². The van der Waals surface area contributed by atoms with Crippen LogP contribution in [0.4, 0.5) is 0 Å². The van der Waals surface area contributed by atoms with E-state index in [1.807, 2.05) is 6.07 Å². The quantitative estimate of drug-likeness (QED) is 0.700. The van der Waals surface area contributed by atoms with Crippen molar-refractivity contribution < 1.29 is 23.8 Å². The van der Waals surface area contributed by atoms with E-state index in [-0.39, 0.29) is 6.61 Å². The van der Waals surface area contributed by atoms with E-state index in [9.17, 15) is 14.4 Å². The van der Waals surface area contributed by atoms with Crippen molar-refractivity contribution in [3.63, 3.8) is 0 Å². The Kier molecular flexibility index (Phi) is 6.38. The summed E-state index contributed by atoms with van der Waals surface area (Å²) in [6.45, 7) is 4.88. The molecule has 2 aromatic rings. The zero-order valence-electron chi connectivity index (χ0n) is 15.1. The second-order valence-electron chi connectivity index (χ2n) is 6.18. The van der Waals surface area contributed by atoms with Gasteiger partial charge < -0.3 is 19.6 Å². The lowest BCUT2D eigenvalue weighted by Gasteiger charge is -2.13. The number of rotatable bonds is 8. The average molecular weight is 361 g/mol. The monoisotopic (exact) mass is 361 g/mol. The Morgan fingerprint density at radius 2 is 2.08 bits per heavy atom. The number of benzene rings is 1. The number of aryl methyl sites for hydroxylation is 2. The van der Waals surface area contributed by atoms with Crippen LogP contribution < -0.4 is 15.7 Å². The zero-order chi connectivity index (χ0) is 19.3. The van der Waals surface area contributed by atoms with Gasteiger partial charge in [-0.15, -0.1) is 0 Å². The summed E-state index contributed by atoms with van der Waals surface area (Å²) in [4.78, 5) is 34.4. The number of carboxylic acids is 1. The van der Waals surface area contributed by atoms with Gasteiger partial charge in [0, 0.05) is 17.0 Å². The molecular weight excluding hydrogens is 338 g/mol. The van der Waals surface area contributed by atoms with Gasteiger partial charge >= 0.3 is 11.6 Å². The van der Waals surface area contributed by atoms with E-state index in [2.05, 4.69) is 12.2 Å². The van der Waals surface area contributed by atoms with Crippen LogP contribution in [0, 0.1) is 6.92 Å². The van der Waals surface area contributed by atoms with Crippen molar-refractivity contribution in [3.05, 3.63) is 39.7 Å². The predicted octanol–water partition coefficient (Wildman–Crippen LogP) is 2.41. The number of carboxylic acid groups (broad SMARTS) is 1. The van der Waals surface area contributed by atoms with Crippen molar-refractivity contribution in [2.75, 3.05) is 6.61 Å². The van der Waals surface area contributed by atoms with E-state index < -0.39 is 23.5 Å². The lowest BCUT2D eigenvalue weighted by molar-refractivity contribution is -0.141. The first-order valence-electron chi connectivity index (χ1n) is 8.54. The summed E-state index contributed by atoms with van der Waals surface area (Å²) in [6.07, 6.45) is 2.78. The fraction of sp³-hybridized carbons (Fsp3) is 0.421. The molecule has 2 N–H and O–H groups in total. The molecule has 0 aliphatic heterocycles. The molecule has 7 heteroatoms. The molecule has 0 aliphatic rings. The highest BCUT2D eigenvalue weighted by molar-refractivity contribution is 5.86. The Labute approximate surface area is 151 Å². The van der Waals surface area contributed by atoms with Gasteiger partial charge in [-0.1, -0.05) is 13.3 Å². The van der Waals surface area contributed by atoms with Crippen molar-refractivity contribution >= 4 is 22.8 Å². The van der Waals surface area contributed by atoms with Gasteiger partial charge in [0.05, 0.1) is 0 Å². The molecule has 26 heavy (non-hydrogen) atoms. The smallest absolute Gasteiger partial charge is 0.336 e. The topological polar surface area (TPSA) is 106 Å². The van der Waals surface area contributed by atoms with Crippen LogP contribution in [0.3, 0.4) is 0 Å². The van der Waals surface area contributed by atoms with Crippen molar-refractivity contribution in [2.24, 2.45) is 0 Å². The number of ether oxygens (including phenoxy) is 1. The molecule has 0 saturated heterocycles. The fourth-order valence-electron chi connectivity index (χ4n) is 2.63. The lowest BCUT2D eigenvalue weighted by Crippen LogP contribution is -2.40. The standard InChI is InChI=1S/C19H23NO6/c1-4-5-6-13-9-17(22)26-18-11(2)15(8-7-14(13)18)25-10-16(21)20-12(3)19(23)24/h7-9,12H,4-6,10H2,1-3H3,(H,20,21)(H,23,24). The maximum atomic E-state index is 11.9. The minimum atomic E-state index is -1.12. The van der Waals surface area contributed by atoms with Crippen LogP contribution in [0.15, 0.2) is 27.4 Å². The highest BCUT2D eigenvalue weighted by Gasteiger charge is 2.16. The van der Waals surface area contributed by atoms with E-state index in [0.29, 0.717) is 16.9 Å². The summed E-state index contributed by atoms with van der Waals surface area (Å²) in [5.41, 5.74) is 1.58. The van der Waals surface area contributed by atoms with Gasteiger partial charge in [-0.25, -0.2) is 4.79 Å². The molecule has 2 rings (SSSR count). The molecule has 1 unspecified atom stereocenters. The van der Waals surface area contributed by atoms with Crippen LogP contribution in [0.2, 0.25) is 0 Å². The van der Waals surface area contributed by atoms with Gasteiger partial charge in [0.2, 0.25) is 0 Å². The first-order chi connectivity index (χ1) is 12.3. The SMILES string of the molecule is CCCCc1cc(=O)oc2c(C)c(OCC(=O)NC(C)C(=O)O)ccc12. The van der Waals surface area contributed by atoms with E-state index in [4.69, 9.17) is 14.3 Å². The number of fused-ring (bicyclic) bond motifs is 1. The number of unbranched alkanes of at least 4 members (excludes halogenated alkanes) is 1. The van der Waals surface area contributed by atoms with Crippen LogP contribution in [0.25, 0.3) is 11.0 Å². The maximum Gasteiger partial charge on any atom is 0.336 e. The van der Waals surface area contributed by atoms with Crippen LogP contribution in [-0.4, -0.2) is 29.6 Å². The molecule has 1 aromatic heterocycles. The molecule has 7 nitrogen and oxygen atoms in total. The second-order valence-corrected chi connectivity index (χ2v) is 6.18. The molecule has 0 spiro atoms. The Balaban J connectivity index is 2.22. The zero-order valence-corrected chi connectivity index (χ0v) is 15.1. The van der Waals surface area contributed by atoms with Crippen LogP contribution >= 0.6 is 0 Å². The third-order valence-corrected chi connectivity index (χ3v) is 4.10. The van der Waals surface area contributed by atoms with Crippen LogP contribution in [0.5, 0.6) is 5.75 Å². The summed E-state index contributed by atoms with van der Waals surface area (Å²) in [5.74, 6) is -1.26. The largest absolute Gasteiger partial charge is 0.483 e. The third-order valence-electron chi connectivity index (χ3n) is 4.10. The molecule has 0 fully saturated rings.